The lowest BCUT2D eigenvalue weighted by atomic mass is 10.1. The summed E-state index contributed by atoms with van der Waals surface area (Å²) in [5.41, 5.74) is 0. The molecule has 1 atom stereocenters. The average molecular weight is 186 g/mol. The average Bonchev–Trinajstić information content (AvgIpc) is 2.16. The zero-order valence-electron chi connectivity index (χ0n) is 9.14. The van der Waals surface area contributed by atoms with Gasteiger partial charge in [-0.05, 0) is 13.3 Å². The molecule has 0 aromatic carbocycles. The Bertz CT molecular complexity index is 132. The van der Waals surface area contributed by atoms with Gasteiger partial charge in [-0.1, -0.05) is 33.1 Å². The SMILES string of the molecule is CCCCCC(OCC)C(=O)CC. The van der Waals surface area contributed by atoms with Crippen LogP contribution in [-0.2, 0) is 9.53 Å². The smallest absolute Gasteiger partial charge is 0.161 e. The van der Waals surface area contributed by atoms with Crippen LogP contribution in [0.15, 0.2) is 0 Å². The summed E-state index contributed by atoms with van der Waals surface area (Å²) in [6, 6.07) is 0. The van der Waals surface area contributed by atoms with E-state index in [9.17, 15) is 4.79 Å². The number of ketones is 1. The highest BCUT2D eigenvalue weighted by atomic mass is 16.5. The van der Waals surface area contributed by atoms with Crippen molar-refractivity contribution in [2.45, 2.75) is 59.0 Å². The van der Waals surface area contributed by atoms with Gasteiger partial charge in [0.25, 0.3) is 0 Å². The first-order valence-electron chi connectivity index (χ1n) is 5.40. The van der Waals surface area contributed by atoms with Crippen molar-refractivity contribution in [1.29, 1.82) is 0 Å². The Morgan fingerprint density at radius 3 is 2.38 bits per heavy atom. The zero-order valence-corrected chi connectivity index (χ0v) is 9.14. The van der Waals surface area contributed by atoms with Crippen molar-refractivity contribution < 1.29 is 9.53 Å². The summed E-state index contributed by atoms with van der Waals surface area (Å²) in [7, 11) is 0. The Morgan fingerprint density at radius 1 is 1.23 bits per heavy atom. The number of carbonyl (C=O) groups is 1. The molecule has 0 fully saturated rings. The number of rotatable bonds is 8. The lowest BCUT2D eigenvalue weighted by Crippen LogP contribution is -2.23. The van der Waals surface area contributed by atoms with E-state index in [1.165, 1.54) is 12.8 Å². The lowest BCUT2D eigenvalue weighted by Gasteiger charge is -2.14. The van der Waals surface area contributed by atoms with Gasteiger partial charge in [-0.3, -0.25) is 4.79 Å². The van der Waals surface area contributed by atoms with Gasteiger partial charge in [0.1, 0.15) is 6.10 Å². The van der Waals surface area contributed by atoms with Crippen molar-refractivity contribution in [3.8, 4) is 0 Å². The van der Waals surface area contributed by atoms with E-state index in [0.717, 1.165) is 12.8 Å². The first-order chi connectivity index (χ1) is 6.26. The maximum absolute atomic E-state index is 11.4. The second-order valence-electron chi connectivity index (χ2n) is 3.26. The molecular weight excluding hydrogens is 164 g/mol. The summed E-state index contributed by atoms with van der Waals surface area (Å²) in [5.74, 6) is 0.248. The largest absolute Gasteiger partial charge is 0.371 e. The number of unbranched alkanes of at least 4 members (excludes halogenated alkanes) is 2. The van der Waals surface area contributed by atoms with E-state index in [1.807, 2.05) is 13.8 Å². The summed E-state index contributed by atoms with van der Waals surface area (Å²) in [6.07, 6.45) is 4.85. The van der Waals surface area contributed by atoms with Crippen molar-refractivity contribution in [1.82, 2.24) is 0 Å². The summed E-state index contributed by atoms with van der Waals surface area (Å²) >= 11 is 0. The van der Waals surface area contributed by atoms with E-state index in [-0.39, 0.29) is 11.9 Å². The number of carbonyl (C=O) groups excluding carboxylic acids is 1. The molecule has 0 amide bonds. The lowest BCUT2D eigenvalue weighted by molar-refractivity contribution is -0.130. The van der Waals surface area contributed by atoms with Gasteiger partial charge in [0, 0.05) is 13.0 Å². The highest BCUT2D eigenvalue weighted by molar-refractivity contribution is 5.82. The first-order valence-corrected chi connectivity index (χ1v) is 5.40. The number of ether oxygens (including phenoxy) is 1. The fraction of sp³-hybridized carbons (Fsp3) is 0.909. The standard InChI is InChI=1S/C11H22O2/c1-4-7-8-9-11(13-6-3)10(12)5-2/h11H,4-9H2,1-3H3. The minimum absolute atomic E-state index is 0.137. The fourth-order valence-electron chi connectivity index (χ4n) is 1.35. The molecule has 78 valence electrons. The van der Waals surface area contributed by atoms with Crippen LogP contribution < -0.4 is 0 Å². The van der Waals surface area contributed by atoms with Crippen LogP contribution in [0.25, 0.3) is 0 Å². The molecule has 0 saturated heterocycles. The van der Waals surface area contributed by atoms with Crippen LogP contribution in [0.4, 0.5) is 0 Å². The maximum atomic E-state index is 11.4. The molecule has 0 aromatic rings. The predicted molar refractivity (Wildman–Crippen MR) is 54.9 cm³/mol. The number of Topliss-reactive ketones (excluding diaryl/α,β-unsaturated/α-hetero) is 1. The van der Waals surface area contributed by atoms with E-state index in [2.05, 4.69) is 6.92 Å². The quantitative estimate of drug-likeness (QED) is 0.545. The van der Waals surface area contributed by atoms with E-state index in [0.29, 0.717) is 13.0 Å². The molecule has 0 aliphatic carbocycles. The minimum Gasteiger partial charge on any atom is -0.371 e. The number of hydrogen-bond acceptors (Lipinski definition) is 2. The van der Waals surface area contributed by atoms with Crippen molar-refractivity contribution in [2.75, 3.05) is 6.61 Å². The van der Waals surface area contributed by atoms with Crippen LogP contribution in [0, 0.1) is 0 Å². The summed E-state index contributed by atoms with van der Waals surface area (Å²) < 4.78 is 5.39. The Hall–Kier alpha value is -0.370. The van der Waals surface area contributed by atoms with E-state index in [4.69, 9.17) is 4.74 Å². The molecule has 0 N–H and O–H groups in total. The summed E-state index contributed by atoms with van der Waals surface area (Å²) in [6.45, 7) is 6.64. The Balaban J connectivity index is 3.73. The van der Waals surface area contributed by atoms with Gasteiger partial charge in [-0.25, -0.2) is 0 Å². The normalized spacial score (nSPS) is 12.8. The monoisotopic (exact) mass is 186 g/mol. The van der Waals surface area contributed by atoms with Gasteiger partial charge in [0.05, 0.1) is 0 Å². The third-order valence-corrected chi connectivity index (χ3v) is 2.15. The molecule has 2 heteroatoms. The second kappa shape index (κ2) is 8.24. The van der Waals surface area contributed by atoms with Gasteiger partial charge in [0.2, 0.25) is 0 Å². The fourth-order valence-corrected chi connectivity index (χ4v) is 1.35. The molecule has 1 unspecified atom stereocenters. The van der Waals surface area contributed by atoms with Crippen molar-refractivity contribution in [2.24, 2.45) is 0 Å². The van der Waals surface area contributed by atoms with Crippen LogP contribution in [-0.4, -0.2) is 18.5 Å². The number of hydrogen-bond donors (Lipinski definition) is 0. The van der Waals surface area contributed by atoms with Crippen LogP contribution in [0.1, 0.15) is 52.9 Å². The molecule has 0 aliphatic rings. The van der Waals surface area contributed by atoms with Gasteiger partial charge in [-0.2, -0.15) is 0 Å². The predicted octanol–water partition coefficient (Wildman–Crippen LogP) is 2.95. The van der Waals surface area contributed by atoms with E-state index in [1.54, 1.807) is 0 Å². The second-order valence-corrected chi connectivity index (χ2v) is 3.26. The molecule has 0 spiro atoms. The Kier molecular flexibility index (Phi) is 8.00. The molecule has 2 nitrogen and oxygen atoms in total. The molecule has 13 heavy (non-hydrogen) atoms. The van der Waals surface area contributed by atoms with E-state index >= 15 is 0 Å². The molecule has 0 rings (SSSR count). The first kappa shape index (κ1) is 12.6. The minimum atomic E-state index is -0.137. The van der Waals surface area contributed by atoms with Crippen molar-refractivity contribution in [3.05, 3.63) is 0 Å². The van der Waals surface area contributed by atoms with Gasteiger partial charge in [0.15, 0.2) is 5.78 Å². The highest BCUT2D eigenvalue weighted by Crippen LogP contribution is 2.09. The van der Waals surface area contributed by atoms with Gasteiger partial charge >= 0.3 is 0 Å². The van der Waals surface area contributed by atoms with Crippen LogP contribution in [0.3, 0.4) is 0 Å². The zero-order chi connectivity index (χ0) is 10.1. The molecule has 0 aromatic heterocycles. The molecule has 0 heterocycles. The Labute approximate surface area is 81.7 Å². The third kappa shape index (κ3) is 5.81. The molecule has 0 saturated carbocycles. The van der Waals surface area contributed by atoms with Crippen molar-refractivity contribution >= 4 is 5.78 Å². The molecule has 0 bridgehead atoms. The summed E-state index contributed by atoms with van der Waals surface area (Å²) in [5, 5.41) is 0. The summed E-state index contributed by atoms with van der Waals surface area (Å²) in [4.78, 5) is 11.4. The Morgan fingerprint density at radius 2 is 1.92 bits per heavy atom. The maximum Gasteiger partial charge on any atom is 0.161 e. The molecular formula is C11H22O2. The molecule has 0 aliphatic heterocycles. The highest BCUT2D eigenvalue weighted by Gasteiger charge is 2.15. The van der Waals surface area contributed by atoms with Crippen molar-refractivity contribution in [3.63, 3.8) is 0 Å². The van der Waals surface area contributed by atoms with Gasteiger partial charge in [-0.15, -0.1) is 0 Å². The van der Waals surface area contributed by atoms with E-state index < -0.39 is 0 Å². The van der Waals surface area contributed by atoms with Crippen LogP contribution in [0.2, 0.25) is 0 Å². The topological polar surface area (TPSA) is 26.3 Å². The third-order valence-electron chi connectivity index (χ3n) is 2.15. The van der Waals surface area contributed by atoms with Crippen LogP contribution in [0.5, 0.6) is 0 Å². The van der Waals surface area contributed by atoms with Gasteiger partial charge < -0.3 is 4.74 Å². The van der Waals surface area contributed by atoms with Crippen LogP contribution >= 0.6 is 0 Å². The molecule has 0 radical (unpaired) electrons.